The quantitative estimate of drug-likeness (QED) is 0.751. The summed E-state index contributed by atoms with van der Waals surface area (Å²) in [5.41, 5.74) is 0.912. The molecule has 0 aliphatic carbocycles. The number of nitrogens with zero attached hydrogens (tertiary/aromatic N) is 1. The first-order chi connectivity index (χ1) is 8.87. The molecule has 0 N–H and O–H groups in total. The summed E-state index contributed by atoms with van der Waals surface area (Å²) in [4.78, 5) is 23.5. The Bertz CT molecular complexity index is 596. The Morgan fingerprint density at radius 3 is 2.47 bits per heavy atom. The molecular formula is C12H13NO5S. The second-order valence-corrected chi connectivity index (χ2v) is 5.95. The highest BCUT2D eigenvalue weighted by Crippen LogP contribution is 2.24. The van der Waals surface area contributed by atoms with E-state index in [1.807, 2.05) is 30.3 Å². The fraction of sp³-hybridized carbons (Fsp3) is 0.333. The molecule has 7 heteroatoms. The van der Waals surface area contributed by atoms with Crippen molar-refractivity contribution in [3.8, 4) is 0 Å². The number of rotatable bonds is 4. The molecule has 19 heavy (non-hydrogen) atoms. The van der Waals surface area contributed by atoms with Crippen LogP contribution in [0.1, 0.15) is 12.0 Å². The molecule has 0 radical (unpaired) electrons. The zero-order chi connectivity index (χ0) is 14.0. The van der Waals surface area contributed by atoms with Gasteiger partial charge >= 0.3 is 0 Å². The molecule has 1 aliphatic rings. The van der Waals surface area contributed by atoms with Gasteiger partial charge in [-0.25, -0.2) is 0 Å². The lowest BCUT2D eigenvalue weighted by Gasteiger charge is -2.12. The predicted molar refractivity (Wildman–Crippen MR) is 66.0 cm³/mol. The van der Waals surface area contributed by atoms with Crippen LogP contribution in [-0.2, 0) is 30.4 Å². The van der Waals surface area contributed by atoms with Crippen molar-refractivity contribution in [1.82, 2.24) is 5.06 Å². The molecule has 1 heterocycles. The first kappa shape index (κ1) is 13.7. The number of carbonyl (C=O) groups excluding carboxylic acids is 2. The SMILES string of the molecule is CS(=O)(=O)ON1C(=O)CC(Cc2ccccc2)C1=O. The number of amides is 2. The van der Waals surface area contributed by atoms with Crippen molar-refractivity contribution in [3.05, 3.63) is 35.9 Å². The number of carbonyl (C=O) groups is 2. The summed E-state index contributed by atoms with van der Waals surface area (Å²) in [6, 6.07) is 9.21. The third-order valence-electron chi connectivity index (χ3n) is 2.73. The molecule has 1 unspecified atom stereocenters. The average molecular weight is 283 g/mol. The van der Waals surface area contributed by atoms with E-state index in [4.69, 9.17) is 0 Å². The van der Waals surface area contributed by atoms with Crippen molar-refractivity contribution >= 4 is 21.9 Å². The van der Waals surface area contributed by atoms with Crippen molar-refractivity contribution in [1.29, 1.82) is 0 Å². The van der Waals surface area contributed by atoms with Crippen molar-refractivity contribution in [2.45, 2.75) is 12.8 Å². The van der Waals surface area contributed by atoms with E-state index in [0.29, 0.717) is 11.5 Å². The number of hydroxylamine groups is 2. The first-order valence-electron chi connectivity index (χ1n) is 5.67. The van der Waals surface area contributed by atoms with E-state index < -0.39 is 27.9 Å². The van der Waals surface area contributed by atoms with E-state index >= 15 is 0 Å². The maximum atomic E-state index is 11.9. The maximum absolute atomic E-state index is 11.9. The average Bonchev–Trinajstić information content (AvgIpc) is 2.57. The second kappa shape index (κ2) is 5.10. The van der Waals surface area contributed by atoms with Crippen LogP contribution in [0.25, 0.3) is 0 Å². The van der Waals surface area contributed by atoms with Gasteiger partial charge in [0.2, 0.25) is 0 Å². The summed E-state index contributed by atoms with van der Waals surface area (Å²) < 4.78 is 26.3. The van der Waals surface area contributed by atoms with Gasteiger partial charge in [-0.05, 0) is 12.0 Å². The van der Waals surface area contributed by atoms with Crippen molar-refractivity contribution in [3.63, 3.8) is 0 Å². The lowest BCUT2D eigenvalue weighted by molar-refractivity contribution is -0.164. The minimum Gasteiger partial charge on any atom is -0.272 e. The van der Waals surface area contributed by atoms with Gasteiger partial charge in [-0.2, -0.15) is 8.42 Å². The van der Waals surface area contributed by atoms with Crippen LogP contribution in [0.2, 0.25) is 0 Å². The van der Waals surface area contributed by atoms with Crippen LogP contribution >= 0.6 is 0 Å². The van der Waals surface area contributed by atoms with E-state index in [1.165, 1.54) is 0 Å². The van der Waals surface area contributed by atoms with Gasteiger partial charge in [-0.1, -0.05) is 30.3 Å². The summed E-state index contributed by atoms with van der Waals surface area (Å²) in [5.74, 6) is -1.81. The van der Waals surface area contributed by atoms with Gasteiger partial charge in [-0.3, -0.25) is 9.59 Å². The van der Waals surface area contributed by atoms with Crippen LogP contribution in [0.5, 0.6) is 0 Å². The van der Waals surface area contributed by atoms with E-state index in [-0.39, 0.29) is 6.42 Å². The van der Waals surface area contributed by atoms with E-state index in [0.717, 1.165) is 11.8 Å². The highest BCUT2D eigenvalue weighted by Gasteiger charge is 2.41. The van der Waals surface area contributed by atoms with Crippen LogP contribution in [0, 0.1) is 5.92 Å². The molecular weight excluding hydrogens is 270 g/mol. The number of benzene rings is 1. The minimum atomic E-state index is -3.89. The van der Waals surface area contributed by atoms with Gasteiger partial charge in [-0.15, -0.1) is 9.35 Å². The molecule has 0 spiro atoms. The molecule has 1 fully saturated rings. The Kier molecular flexibility index (Phi) is 3.68. The van der Waals surface area contributed by atoms with E-state index in [2.05, 4.69) is 4.28 Å². The standard InChI is InChI=1S/C12H13NO5S/c1-19(16,17)18-13-11(14)8-10(12(13)15)7-9-5-3-2-4-6-9/h2-6,10H,7-8H2,1H3. The normalized spacial score (nSPS) is 20.1. The summed E-state index contributed by atoms with van der Waals surface area (Å²) >= 11 is 0. The molecule has 102 valence electrons. The Balaban J connectivity index is 2.10. The molecule has 1 aromatic carbocycles. The third kappa shape index (κ3) is 3.39. The molecule has 2 amide bonds. The highest BCUT2D eigenvalue weighted by atomic mass is 32.2. The van der Waals surface area contributed by atoms with Crippen LogP contribution in [-0.4, -0.2) is 31.6 Å². The van der Waals surface area contributed by atoms with E-state index in [9.17, 15) is 18.0 Å². The maximum Gasteiger partial charge on any atom is 0.285 e. The summed E-state index contributed by atoms with van der Waals surface area (Å²) in [6.07, 6.45) is 1.14. The molecule has 2 rings (SSSR count). The van der Waals surface area contributed by atoms with Crippen molar-refractivity contribution < 1.29 is 22.3 Å². The summed E-state index contributed by atoms with van der Waals surface area (Å²) in [6.45, 7) is 0. The smallest absolute Gasteiger partial charge is 0.272 e. The molecule has 1 aliphatic heterocycles. The predicted octanol–water partition coefficient (Wildman–Crippen LogP) is 0.495. The lowest BCUT2D eigenvalue weighted by atomic mass is 9.98. The molecule has 6 nitrogen and oxygen atoms in total. The van der Waals surface area contributed by atoms with Gasteiger partial charge in [0.25, 0.3) is 21.9 Å². The highest BCUT2D eigenvalue weighted by molar-refractivity contribution is 7.85. The number of hydrogen-bond donors (Lipinski definition) is 0. The molecule has 0 aromatic heterocycles. The van der Waals surface area contributed by atoms with Crippen molar-refractivity contribution in [2.75, 3.05) is 6.26 Å². The van der Waals surface area contributed by atoms with Gasteiger partial charge in [0.05, 0.1) is 12.2 Å². The number of hydrogen-bond acceptors (Lipinski definition) is 5. The Morgan fingerprint density at radius 1 is 1.26 bits per heavy atom. The Labute approximate surface area is 111 Å². The minimum absolute atomic E-state index is 0.0384. The second-order valence-electron chi connectivity index (χ2n) is 4.40. The Morgan fingerprint density at radius 2 is 1.89 bits per heavy atom. The van der Waals surface area contributed by atoms with Crippen molar-refractivity contribution in [2.24, 2.45) is 5.92 Å². The largest absolute Gasteiger partial charge is 0.285 e. The van der Waals surface area contributed by atoms with Gasteiger partial charge in [0.15, 0.2) is 0 Å². The Hall–Kier alpha value is -1.73. The molecule has 0 bridgehead atoms. The van der Waals surface area contributed by atoms with Gasteiger partial charge < -0.3 is 0 Å². The van der Waals surface area contributed by atoms with E-state index in [1.54, 1.807) is 0 Å². The molecule has 1 atom stereocenters. The molecule has 1 aromatic rings. The number of imide groups is 1. The summed E-state index contributed by atoms with van der Waals surface area (Å²) in [5, 5.41) is 0.350. The fourth-order valence-electron chi connectivity index (χ4n) is 1.94. The lowest BCUT2D eigenvalue weighted by Crippen LogP contribution is -2.33. The summed E-state index contributed by atoms with van der Waals surface area (Å²) in [7, 11) is -3.89. The zero-order valence-corrected chi connectivity index (χ0v) is 11.1. The third-order valence-corrected chi connectivity index (χ3v) is 3.15. The zero-order valence-electron chi connectivity index (χ0n) is 10.3. The van der Waals surface area contributed by atoms with Crippen LogP contribution in [0.4, 0.5) is 0 Å². The van der Waals surface area contributed by atoms with Crippen LogP contribution < -0.4 is 0 Å². The van der Waals surface area contributed by atoms with Crippen LogP contribution in [0.15, 0.2) is 30.3 Å². The molecule has 1 saturated heterocycles. The topological polar surface area (TPSA) is 80.8 Å². The van der Waals surface area contributed by atoms with Crippen LogP contribution in [0.3, 0.4) is 0 Å². The monoisotopic (exact) mass is 283 g/mol. The van der Waals surface area contributed by atoms with Gasteiger partial charge in [0.1, 0.15) is 0 Å². The van der Waals surface area contributed by atoms with Gasteiger partial charge in [0, 0.05) is 6.42 Å². The first-order valence-corrected chi connectivity index (χ1v) is 7.49. The fourth-order valence-corrected chi connectivity index (χ4v) is 2.37. The molecule has 0 saturated carbocycles.